The first-order valence-electron chi connectivity index (χ1n) is 10.2. The van der Waals surface area contributed by atoms with E-state index >= 15 is 0 Å². The maximum atomic E-state index is 12.1. The predicted octanol–water partition coefficient (Wildman–Crippen LogP) is 2.57. The molecular weight excluding hydrogens is 384 g/mol. The van der Waals surface area contributed by atoms with E-state index < -0.39 is 6.10 Å². The second-order valence-electron chi connectivity index (χ2n) is 7.55. The van der Waals surface area contributed by atoms with Gasteiger partial charge in [-0.3, -0.25) is 9.20 Å². The minimum atomic E-state index is -0.411. The Balaban J connectivity index is 1.61. The number of carbonyl (C=O) groups is 1. The third kappa shape index (κ3) is 4.62. The Morgan fingerprint density at radius 1 is 1.17 bits per heavy atom. The van der Waals surface area contributed by atoms with Gasteiger partial charge in [0.05, 0.1) is 18.1 Å². The van der Waals surface area contributed by atoms with E-state index in [4.69, 9.17) is 14.5 Å². The van der Waals surface area contributed by atoms with Gasteiger partial charge in [0.2, 0.25) is 11.6 Å². The van der Waals surface area contributed by atoms with Crippen LogP contribution < -0.4 is 15.4 Å². The summed E-state index contributed by atoms with van der Waals surface area (Å²) in [5, 5.41) is 14.8. The number of ether oxygens (including phenoxy) is 2. The van der Waals surface area contributed by atoms with Gasteiger partial charge in [0.25, 0.3) is 0 Å². The van der Waals surface area contributed by atoms with Crippen LogP contribution >= 0.6 is 0 Å². The largest absolute Gasteiger partial charge is 0.497 e. The van der Waals surface area contributed by atoms with Gasteiger partial charge in [0.1, 0.15) is 17.7 Å². The van der Waals surface area contributed by atoms with Gasteiger partial charge in [0, 0.05) is 26.3 Å². The summed E-state index contributed by atoms with van der Waals surface area (Å²) in [6.45, 7) is 7.17. The fourth-order valence-electron chi connectivity index (χ4n) is 3.45. The lowest BCUT2D eigenvalue weighted by molar-refractivity contribution is -0.133. The molecule has 30 heavy (non-hydrogen) atoms. The molecule has 9 heteroatoms. The second kappa shape index (κ2) is 9.71. The number of amides is 1. The number of aryl methyl sites for hydroxylation is 1. The summed E-state index contributed by atoms with van der Waals surface area (Å²) >= 11 is 0. The third-order valence-electron chi connectivity index (χ3n) is 5.01. The SMILES string of the molecule is COc1ccc2c(c1)nc(NCCCCNC(=O)[C@@H](OC)C(C)C)c1nnc(C)n12. The zero-order chi connectivity index (χ0) is 21.7. The van der Waals surface area contributed by atoms with Gasteiger partial charge >= 0.3 is 0 Å². The Kier molecular flexibility index (Phi) is 7.04. The van der Waals surface area contributed by atoms with Crippen LogP contribution in [0.15, 0.2) is 18.2 Å². The highest BCUT2D eigenvalue weighted by Gasteiger charge is 2.20. The van der Waals surface area contributed by atoms with E-state index in [-0.39, 0.29) is 11.8 Å². The van der Waals surface area contributed by atoms with Gasteiger partial charge in [-0.05, 0) is 37.8 Å². The molecule has 0 spiro atoms. The molecule has 3 aromatic rings. The minimum Gasteiger partial charge on any atom is -0.497 e. The van der Waals surface area contributed by atoms with Crippen LogP contribution in [0.5, 0.6) is 5.75 Å². The fraction of sp³-hybridized carbons (Fsp3) is 0.524. The molecule has 2 heterocycles. The first-order chi connectivity index (χ1) is 14.5. The number of fused-ring (bicyclic) bond motifs is 3. The van der Waals surface area contributed by atoms with Gasteiger partial charge < -0.3 is 20.1 Å². The van der Waals surface area contributed by atoms with Gasteiger partial charge in [-0.25, -0.2) is 4.98 Å². The summed E-state index contributed by atoms with van der Waals surface area (Å²) in [6.07, 6.45) is 1.30. The van der Waals surface area contributed by atoms with E-state index in [1.54, 1.807) is 14.2 Å². The van der Waals surface area contributed by atoms with Crippen LogP contribution in [0.2, 0.25) is 0 Å². The number of rotatable bonds is 10. The molecule has 1 amide bonds. The van der Waals surface area contributed by atoms with Crippen LogP contribution in [0.25, 0.3) is 16.7 Å². The number of unbranched alkanes of at least 4 members (excludes halogenated alkanes) is 1. The molecule has 3 rings (SSSR count). The molecule has 9 nitrogen and oxygen atoms in total. The topological polar surface area (TPSA) is 103 Å². The molecule has 2 aromatic heterocycles. The Morgan fingerprint density at radius 3 is 2.63 bits per heavy atom. The molecule has 2 N–H and O–H groups in total. The van der Waals surface area contributed by atoms with Crippen molar-refractivity contribution in [2.45, 2.75) is 39.7 Å². The van der Waals surface area contributed by atoms with Crippen molar-refractivity contribution in [3.63, 3.8) is 0 Å². The van der Waals surface area contributed by atoms with Crippen molar-refractivity contribution in [2.24, 2.45) is 5.92 Å². The van der Waals surface area contributed by atoms with Gasteiger partial charge in [0.15, 0.2) is 5.82 Å². The highest BCUT2D eigenvalue weighted by Crippen LogP contribution is 2.25. The number of hydrogen-bond donors (Lipinski definition) is 2. The van der Waals surface area contributed by atoms with Crippen LogP contribution in [0, 0.1) is 12.8 Å². The van der Waals surface area contributed by atoms with Crippen LogP contribution in [0.1, 0.15) is 32.5 Å². The molecule has 0 bridgehead atoms. The second-order valence-corrected chi connectivity index (χ2v) is 7.55. The fourth-order valence-corrected chi connectivity index (χ4v) is 3.45. The Labute approximate surface area is 176 Å². The highest BCUT2D eigenvalue weighted by atomic mass is 16.5. The van der Waals surface area contributed by atoms with Crippen LogP contribution in [-0.4, -0.2) is 58.9 Å². The summed E-state index contributed by atoms with van der Waals surface area (Å²) in [5.74, 6) is 2.30. The van der Waals surface area contributed by atoms with E-state index in [1.807, 2.05) is 43.4 Å². The zero-order valence-corrected chi connectivity index (χ0v) is 18.2. The Hall–Kier alpha value is -2.94. The van der Waals surface area contributed by atoms with Crippen molar-refractivity contribution in [1.82, 2.24) is 24.9 Å². The molecule has 0 aliphatic carbocycles. The molecule has 0 unspecified atom stereocenters. The molecule has 162 valence electrons. The summed E-state index contributed by atoms with van der Waals surface area (Å²) in [6, 6.07) is 5.76. The number of hydrogen-bond acceptors (Lipinski definition) is 7. The van der Waals surface area contributed by atoms with Crippen LogP contribution in [0.3, 0.4) is 0 Å². The molecule has 0 aliphatic heterocycles. The Bertz CT molecular complexity index is 1020. The van der Waals surface area contributed by atoms with Crippen LogP contribution in [-0.2, 0) is 9.53 Å². The number of nitrogens with zero attached hydrogens (tertiary/aromatic N) is 4. The summed E-state index contributed by atoms with van der Waals surface area (Å²) in [7, 11) is 3.20. The monoisotopic (exact) mass is 414 g/mol. The maximum absolute atomic E-state index is 12.1. The quantitative estimate of drug-likeness (QED) is 0.492. The van der Waals surface area contributed by atoms with Crippen molar-refractivity contribution in [2.75, 3.05) is 32.6 Å². The normalized spacial score (nSPS) is 12.5. The number of aromatic nitrogens is 4. The lowest BCUT2D eigenvalue weighted by atomic mass is 10.1. The average molecular weight is 415 g/mol. The van der Waals surface area contributed by atoms with E-state index in [1.165, 1.54) is 0 Å². The number of benzene rings is 1. The minimum absolute atomic E-state index is 0.0637. The number of nitrogens with one attached hydrogen (secondary N) is 2. The maximum Gasteiger partial charge on any atom is 0.249 e. The molecule has 0 saturated carbocycles. The summed E-state index contributed by atoms with van der Waals surface area (Å²) < 4.78 is 12.6. The Morgan fingerprint density at radius 2 is 1.93 bits per heavy atom. The molecule has 0 radical (unpaired) electrons. The molecule has 0 saturated heterocycles. The first kappa shape index (κ1) is 21.8. The lowest BCUT2D eigenvalue weighted by Gasteiger charge is -2.18. The van der Waals surface area contributed by atoms with Crippen molar-refractivity contribution in [1.29, 1.82) is 0 Å². The predicted molar refractivity (Wildman–Crippen MR) is 116 cm³/mol. The van der Waals surface area contributed by atoms with Crippen molar-refractivity contribution < 1.29 is 14.3 Å². The summed E-state index contributed by atoms with van der Waals surface area (Å²) in [5.41, 5.74) is 2.43. The third-order valence-corrected chi connectivity index (χ3v) is 5.01. The molecule has 0 fully saturated rings. The van der Waals surface area contributed by atoms with Gasteiger partial charge in [-0.1, -0.05) is 13.8 Å². The number of methoxy groups -OCH3 is 2. The standard InChI is InChI=1S/C21H30N6O3/c1-13(2)18(30-5)21(28)23-11-7-6-10-22-19-20-26-25-14(3)27(20)17-9-8-15(29-4)12-16(17)24-19/h8-9,12-13,18H,6-7,10-11H2,1-5H3,(H,22,24)(H,23,28)/t18-/m0/s1. The van der Waals surface area contributed by atoms with E-state index in [2.05, 4.69) is 20.8 Å². The summed E-state index contributed by atoms with van der Waals surface area (Å²) in [4.78, 5) is 16.8. The van der Waals surface area contributed by atoms with Gasteiger partial charge in [-0.15, -0.1) is 10.2 Å². The average Bonchev–Trinajstić information content (AvgIpc) is 3.12. The van der Waals surface area contributed by atoms with Crippen molar-refractivity contribution >= 4 is 28.4 Å². The highest BCUT2D eigenvalue weighted by molar-refractivity contribution is 5.84. The van der Waals surface area contributed by atoms with Gasteiger partial charge in [-0.2, -0.15) is 0 Å². The number of anilines is 1. The van der Waals surface area contributed by atoms with Crippen LogP contribution in [0.4, 0.5) is 5.82 Å². The lowest BCUT2D eigenvalue weighted by Crippen LogP contribution is -2.39. The first-order valence-corrected chi connectivity index (χ1v) is 10.2. The molecule has 0 aliphatic rings. The van der Waals surface area contributed by atoms with E-state index in [0.29, 0.717) is 24.6 Å². The van der Waals surface area contributed by atoms with Crippen molar-refractivity contribution in [3.05, 3.63) is 24.0 Å². The smallest absolute Gasteiger partial charge is 0.249 e. The van der Waals surface area contributed by atoms with E-state index in [0.717, 1.165) is 35.4 Å². The molecule has 1 atom stereocenters. The number of carbonyl (C=O) groups excluding carboxylic acids is 1. The zero-order valence-electron chi connectivity index (χ0n) is 18.2. The molecular formula is C21H30N6O3. The van der Waals surface area contributed by atoms with Crippen molar-refractivity contribution in [3.8, 4) is 5.75 Å². The van der Waals surface area contributed by atoms with E-state index in [9.17, 15) is 4.79 Å². The molecule has 1 aromatic carbocycles.